The van der Waals surface area contributed by atoms with E-state index >= 15 is 0 Å². The molecule has 3 amide bonds. The Morgan fingerprint density at radius 3 is 2.55 bits per heavy atom. The van der Waals surface area contributed by atoms with E-state index in [1.165, 1.54) is 0 Å². The molecule has 2 fully saturated rings. The Morgan fingerprint density at radius 2 is 1.84 bits per heavy atom. The third-order valence-electron chi connectivity index (χ3n) is 6.05. The summed E-state index contributed by atoms with van der Waals surface area (Å²) in [5.74, 6) is 0.585. The summed E-state index contributed by atoms with van der Waals surface area (Å²) in [4.78, 5) is 25.4. The quantitative estimate of drug-likeness (QED) is 0.601. The van der Waals surface area contributed by atoms with E-state index in [0.29, 0.717) is 11.5 Å². The van der Waals surface area contributed by atoms with Gasteiger partial charge in [-0.2, -0.15) is 5.10 Å². The molecule has 1 aromatic carbocycles. The van der Waals surface area contributed by atoms with Gasteiger partial charge in [-0.05, 0) is 31.9 Å². The molecule has 1 saturated carbocycles. The van der Waals surface area contributed by atoms with Crippen LogP contribution in [-0.2, 0) is 10.2 Å². The Hall–Kier alpha value is -2.87. The summed E-state index contributed by atoms with van der Waals surface area (Å²) in [6.45, 7) is 8.21. The number of carbonyl (C=O) groups excluding carboxylic acids is 2. The van der Waals surface area contributed by atoms with Crippen LogP contribution in [0.15, 0.2) is 30.3 Å². The third kappa shape index (κ3) is 4.74. The highest BCUT2D eigenvalue weighted by Crippen LogP contribution is 2.31. The lowest BCUT2D eigenvalue weighted by Crippen LogP contribution is -2.59. The predicted octanol–water partition coefficient (Wildman–Crippen LogP) is 3.87. The fraction of sp³-hybridized carbons (Fsp3) is 0.522. The van der Waals surface area contributed by atoms with Gasteiger partial charge < -0.3 is 10.6 Å². The van der Waals surface area contributed by atoms with E-state index in [1.54, 1.807) is 4.68 Å². The number of aryl methyl sites for hydroxylation is 1. The van der Waals surface area contributed by atoms with Gasteiger partial charge in [-0.25, -0.2) is 9.48 Å². The van der Waals surface area contributed by atoms with Crippen LogP contribution in [0.5, 0.6) is 0 Å². The molecule has 1 aromatic heterocycles. The van der Waals surface area contributed by atoms with Gasteiger partial charge in [0.15, 0.2) is 6.29 Å². The first-order chi connectivity index (χ1) is 14.7. The van der Waals surface area contributed by atoms with Gasteiger partial charge in [0.05, 0.1) is 11.6 Å². The predicted molar refractivity (Wildman–Crippen MR) is 121 cm³/mol. The summed E-state index contributed by atoms with van der Waals surface area (Å²) >= 11 is 0. The number of fused-ring (bicyclic) bond motifs is 1. The highest BCUT2D eigenvalue weighted by atomic mass is 16.2. The van der Waals surface area contributed by atoms with Crippen molar-refractivity contribution in [3.8, 4) is 0 Å². The molecule has 0 radical (unpaired) electrons. The Balaban J connectivity index is 1.57. The molecule has 4 N–H and O–H groups in total. The van der Waals surface area contributed by atoms with Crippen molar-refractivity contribution in [2.75, 3.05) is 10.6 Å². The molecule has 3 unspecified atom stereocenters. The van der Waals surface area contributed by atoms with Crippen LogP contribution in [0.2, 0.25) is 0 Å². The highest BCUT2D eigenvalue weighted by Gasteiger charge is 2.39. The Morgan fingerprint density at radius 1 is 1.13 bits per heavy atom. The molecule has 1 aliphatic carbocycles. The number of nitrogens with zero attached hydrogens (tertiary/aromatic N) is 2. The molecule has 166 valence electrons. The van der Waals surface area contributed by atoms with E-state index in [9.17, 15) is 9.59 Å². The maximum Gasteiger partial charge on any atom is 0.324 e. The van der Waals surface area contributed by atoms with Crippen LogP contribution >= 0.6 is 0 Å². The second kappa shape index (κ2) is 8.34. The fourth-order valence-electron chi connectivity index (χ4n) is 4.23. The number of aromatic nitrogens is 2. The molecule has 1 saturated heterocycles. The first-order valence-electron chi connectivity index (χ1n) is 11.0. The number of amides is 3. The topological polar surface area (TPSA) is 100 Å². The van der Waals surface area contributed by atoms with Gasteiger partial charge in [0.2, 0.25) is 5.91 Å². The third-order valence-corrected chi connectivity index (χ3v) is 6.05. The Labute approximate surface area is 183 Å². The molecule has 2 aromatic rings. The van der Waals surface area contributed by atoms with Crippen molar-refractivity contribution in [2.24, 2.45) is 5.92 Å². The molecule has 2 heterocycles. The van der Waals surface area contributed by atoms with Gasteiger partial charge in [-0.3, -0.25) is 15.4 Å². The summed E-state index contributed by atoms with van der Waals surface area (Å²) in [6.07, 6.45) is 3.58. The molecule has 2 aliphatic rings. The standard InChI is InChI=1S/C23H32N6O2/c1-14-9-11-15(12-10-14)24-22(31)26-19-13-18(23(2,3)4)28-29(19)21-25-17-8-6-5-7-16(17)20(30)27-21/h9-13,16-17,21,25H,5-8H2,1-4H3,(H,27,30)(H2,24,26,31). The molecule has 31 heavy (non-hydrogen) atoms. The number of carbonyl (C=O) groups is 2. The SMILES string of the molecule is Cc1ccc(NC(=O)Nc2cc(C(C)(C)C)nn2C2NC(=O)C3CCCCC3N2)cc1. The average molecular weight is 425 g/mol. The van der Waals surface area contributed by atoms with Crippen LogP contribution in [0.3, 0.4) is 0 Å². The van der Waals surface area contributed by atoms with Crippen molar-refractivity contribution in [3.05, 3.63) is 41.6 Å². The molecule has 3 atom stereocenters. The van der Waals surface area contributed by atoms with Crippen LogP contribution in [0, 0.1) is 12.8 Å². The summed E-state index contributed by atoms with van der Waals surface area (Å²) in [5, 5.41) is 17.1. The van der Waals surface area contributed by atoms with Crippen molar-refractivity contribution in [3.63, 3.8) is 0 Å². The lowest BCUT2D eigenvalue weighted by Gasteiger charge is -2.40. The number of hydrogen-bond donors (Lipinski definition) is 4. The van der Waals surface area contributed by atoms with Crippen LogP contribution < -0.4 is 21.3 Å². The smallest absolute Gasteiger partial charge is 0.322 e. The number of anilines is 2. The number of hydrogen-bond acceptors (Lipinski definition) is 4. The molecule has 8 nitrogen and oxygen atoms in total. The summed E-state index contributed by atoms with van der Waals surface area (Å²) in [7, 11) is 0. The minimum atomic E-state index is -0.502. The molecule has 4 rings (SSSR count). The van der Waals surface area contributed by atoms with Crippen molar-refractivity contribution >= 4 is 23.4 Å². The van der Waals surface area contributed by atoms with Crippen LogP contribution in [0.4, 0.5) is 16.3 Å². The minimum absolute atomic E-state index is 0.00361. The molecular formula is C23H32N6O2. The summed E-state index contributed by atoms with van der Waals surface area (Å²) in [6, 6.07) is 9.25. The van der Waals surface area contributed by atoms with E-state index in [2.05, 4.69) is 42.0 Å². The second-order valence-corrected chi connectivity index (χ2v) is 9.63. The van der Waals surface area contributed by atoms with Crippen molar-refractivity contribution in [1.29, 1.82) is 0 Å². The largest absolute Gasteiger partial charge is 0.324 e. The van der Waals surface area contributed by atoms with Crippen LogP contribution in [0.1, 0.15) is 64.0 Å². The lowest BCUT2D eigenvalue weighted by atomic mass is 9.83. The van der Waals surface area contributed by atoms with E-state index in [-0.39, 0.29) is 29.3 Å². The fourth-order valence-corrected chi connectivity index (χ4v) is 4.23. The lowest BCUT2D eigenvalue weighted by molar-refractivity contribution is -0.132. The van der Waals surface area contributed by atoms with E-state index < -0.39 is 6.29 Å². The van der Waals surface area contributed by atoms with Gasteiger partial charge in [0.1, 0.15) is 5.82 Å². The van der Waals surface area contributed by atoms with E-state index in [0.717, 1.165) is 36.9 Å². The summed E-state index contributed by atoms with van der Waals surface area (Å²) < 4.78 is 1.68. The zero-order valence-electron chi connectivity index (χ0n) is 18.7. The van der Waals surface area contributed by atoms with Gasteiger partial charge in [0, 0.05) is 23.2 Å². The van der Waals surface area contributed by atoms with E-state index in [1.807, 2.05) is 37.3 Å². The molecule has 0 spiro atoms. The number of benzene rings is 1. The average Bonchev–Trinajstić information content (AvgIpc) is 3.14. The number of nitrogens with one attached hydrogen (secondary N) is 4. The zero-order valence-corrected chi connectivity index (χ0v) is 18.7. The molecular weight excluding hydrogens is 392 g/mol. The van der Waals surface area contributed by atoms with Gasteiger partial charge in [-0.1, -0.05) is 51.3 Å². The normalized spacial score (nSPS) is 23.6. The van der Waals surface area contributed by atoms with Gasteiger partial charge in [-0.15, -0.1) is 0 Å². The zero-order chi connectivity index (χ0) is 22.2. The highest BCUT2D eigenvalue weighted by molar-refractivity contribution is 5.99. The molecule has 1 aliphatic heterocycles. The maximum atomic E-state index is 12.7. The first-order valence-corrected chi connectivity index (χ1v) is 11.0. The van der Waals surface area contributed by atoms with Crippen LogP contribution in [-0.4, -0.2) is 27.8 Å². The minimum Gasteiger partial charge on any atom is -0.322 e. The van der Waals surface area contributed by atoms with Crippen molar-refractivity contribution < 1.29 is 9.59 Å². The number of urea groups is 1. The summed E-state index contributed by atoms with van der Waals surface area (Å²) in [5.41, 5.74) is 2.46. The first kappa shape index (κ1) is 21.4. The maximum absolute atomic E-state index is 12.7. The van der Waals surface area contributed by atoms with Crippen molar-refractivity contribution in [2.45, 2.75) is 71.1 Å². The van der Waals surface area contributed by atoms with Gasteiger partial charge >= 0.3 is 6.03 Å². The number of rotatable bonds is 3. The second-order valence-electron chi connectivity index (χ2n) is 9.63. The molecule has 8 heteroatoms. The van der Waals surface area contributed by atoms with Gasteiger partial charge in [0.25, 0.3) is 0 Å². The molecule has 0 bridgehead atoms. The van der Waals surface area contributed by atoms with Crippen molar-refractivity contribution in [1.82, 2.24) is 20.4 Å². The monoisotopic (exact) mass is 424 g/mol. The van der Waals surface area contributed by atoms with E-state index in [4.69, 9.17) is 5.10 Å². The van der Waals surface area contributed by atoms with Crippen LogP contribution in [0.25, 0.3) is 0 Å². The Kier molecular flexibility index (Phi) is 5.75. The Bertz CT molecular complexity index is 959.